The number of nitrogens with zero attached hydrogens (tertiary/aromatic N) is 3. The average molecular weight is 173 g/mol. The van der Waals surface area contributed by atoms with Crippen LogP contribution in [0, 0.1) is 0 Å². The molecule has 1 rings (SSSR count). The van der Waals surface area contributed by atoms with Crippen LogP contribution < -0.4 is 0 Å². The molecule has 3 heteroatoms. The first-order chi connectivity index (χ1) is 6.38. The third kappa shape index (κ3) is 2.63. The van der Waals surface area contributed by atoms with Gasteiger partial charge >= 0.3 is 0 Å². The van der Waals surface area contributed by atoms with Crippen molar-refractivity contribution in [2.45, 2.75) is 6.92 Å². The molecule has 3 nitrogen and oxygen atoms in total. The van der Waals surface area contributed by atoms with Gasteiger partial charge in [-0.1, -0.05) is 18.7 Å². The maximum Gasteiger partial charge on any atom is 0.116 e. The quantitative estimate of drug-likeness (QED) is 0.656. The summed E-state index contributed by atoms with van der Waals surface area (Å²) in [4.78, 5) is 12.1. The Morgan fingerprint density at radius 1 is 1.62 bits per heavy atom. The van der Waals surface area contributed by atoms with Crippen LogP contribution in [0.15, 0.2) is 42.3 Å². The Kier molecular flexibility index (Phi) is 3.57. The maximum atomic E-state index is 4.16. The van der Waals surface area contributed by atoms with Gasteiger partial charge in [0.05, 0.1) is 11.4 Å². The number of rotatable bonds is 3. The van der Waals surface area contributed by atoms with Crippen LogP contribution in [0.3, 0.4) is 0 Å². The molecule has 0 fully saturated rings. The zero-order valence-corrected chi connectivity index (χ0v) is 7.51. The largest absolute Gasteiger partial charge is 0.255 e. The first-order valence-corrected chi connectivity index (χ1v) is 3.96. The van der Waals surface area contributed by atoms with Crippen LogP contribution in [0.25, 0.3) is 5.70 Å². The maximum absolute atomic E-state index is 4.16. The molecule has 0 saturated heterocycles. The number of allylic oxidation sites excluding steroid dienone is 2. The molecule has 0 saturated carbocycles. The third-order valence-electron chi connectivity index (χ3n) is 1.44. The number of hydrogen-bond acceptors (Lipinski definition) is 3. The summed E-state index contributed by atoms with van der Waals surface area (Å²) in [6.45, 7) is 5.47. The molecule has 0 aliphatic rings. The first-order valence-electron chi connectivity index (χ1n) is 3.96. The molecule has 0 unspecified atom stereocenters. The van der Waals surface area contributed by atoms with Gasteiger partial charge in [0.25, 0.3) is 0 Å². The molecule has 13 heavy (non-hydrogen) atoms. The smallest absolute Gasteiger partial charge is 0.116 e. The van der Waals surface area contributed by atoms with Crippen LogP contribution in [-0.4, -0.2) is 16.2 Å². The molecule has 0 aliphatic heterocycles. The number of hydrogen-bond donors (Lipinski definition) is 0. The van der Waals surface area contributed by atoms with Crippen molar-refractivity contribution in [3.63, 3.8) is 0 Å². The van der Waals surface area contributed by atoms with Crippen LogP contribution in [0.2, 0.25) is 0 Å². The van der Waals surface area contributed by atoms with Gasteiger partial charge in [0.2, 0.25) is 0 Å². The third-order valence-corrected chi connectivity index (χ3v) is 1.44. The van der Waals surface area contributed by atoms with Crippen LogP contribution in [0.5, 0.6) is 0 Å². The Hall–Kier alpha value is -1.77. The summed E-state index contributed by atoms with van der Waals surface area (Å²) in [7, 11) is 0. The highest BCUT2D eigenvalue weighted by atomic mass is 14.9. The molecule has 0 aliphatic carbocycles. The van der Waals surface area contributed by atoms with E-state index in [-0.39, 0.29) is 0 Å². The van der Waals surface area contributed by atoms with Gasteiger partial charge in [-0.2, -0.15) is 0 Å². The second-order valence-electron chi connectivity index (χ2n) is 2.28. The molecular formula is C10H11N3. The average Bonchev–Trinajstić information content (AvgIpc) is 2.21. The Balaban J connectivity index is 2.92. The van der Waals surface area contributed by atoms with E-state index in [1.807, 2.05) is 19.1 Å². The van der Waals surface area contributed by atoms with Gasteiger partial charge in [0.1, 0.15) is 6.33 Å². The van der Waals surface area contributed by atoms with E-state index in [1.54, 1.807) is 18.5 Å². The topological polar surface area (TPSA) is 38.1 Å². The van der Waals surface area contributed by atoms with E-state index in [4.69, 9.17) is 0 Å². The molecule has 0 amide bonds. The Morgan fingerprint density at radius 3 is 3.00 bits per heavy atom. The van der Waals surface area contributed by atoms with E-state index in [9.17, 15) is 0 Å². The van der Waals surface area contributed by atoms with Crippen molar-refractivity contribution in [1.82, 2.24) is 9.97 Å². The highest BCUT2D eigenvalue weighted by molar-refractivity contribution is 5.78. The van der Waals surface area contributed by atoms with Crippen molar-refractivity contribution >= 4 is 11.9 Å². The normalized spacial score (nSPS) is 11.9. The molecule has 0 radical (unpaired) electrons. The lowest BCUT2D eigenvalue weighted by atomic mass is 10.3. The zero-order valence-electron chi connectivity index (χ0n) is 7.51. The van der Waals surface area contributed by atoms with Crippen LogP contribution >= 0.6 is 0 Å². The van der Waals surface area contributed by atoms with E-state index < -0.39 is 0 Å². The fourth-order valence-corrected chi connectivity index (χ4v) is 0.864. The molecule has 0 bridgehead atoms. The second kappa shape index (κ2) is 4.98. The molecule has 0 atom stereocenters. The summed E-state index contributed by atoms with van der Waals surface area (Å²) in [6.07, 6.45) is 8.35. The minimum absolute atomic E-state index is 0.815. The standard InChI is InChI=1S/C10H11N3/c1-3-6-12-9(4-2)10-5-7-11-8-13-10/h3-8H,1H2,2H3. The van der Waals surface area contributed by atoms with E-state index in [0.717, 1.165) is 11.4 Å². The molecule has 0 spiro atoms. The molecule has 1 aromatic heterocycles. The van der Waals surface area contributed by atoms with Gasteiger partial charge in [0.15, 0.2) is 0 Å². The van der Waals surface area contributed by atoms with Crippen molar-refractivity contribution in [1.29, 1.82) is 0 Å². The summed E-state index contributed by atoms with van der Waals surface area (Å²) in [5, 5.41) is 0. The lowest BCUT2D eigenvalue weighted by Gasteiger charge is -1.97. The molecule has 1 aromatic rings. The summed E-state index contributed by atoms with van der Waals surface area (Å²) >= 11 is 0. The van der Waals surface area contributed by atoms with Crippen molar-refractivity contribution in [2.75, 3.05) is 0 Å². The lowest BCUT2D eigenvalue weighted by Crippen LogP contribution is -1.86. The summed E-state index contributed by atoms with van der Waals surface area (Å²) in [6, 6.07) is 1.82. The van der Waals surface area contributed by atoms with Gasteiger partial charge in [-0.3, -0.25) is 4.99 Å². The van der Waals surface area contributed by atoms with Gasteiger partial charge in [-0.15, -0.1) is 0 Å². The molecular weight excluding hydrogens is 162 g/mol. The summed E-state index contributed by atoms with van der Waals surface area (Å²) in [5.41, 5.74) is 1.64. The predicted octanol–water partition coefficient (Wildman–Crippen LogP) is 2.09. The highest BCUT2D eigenvalue weighted by Gasteiger charge is 1.96. The number of aliphatic imine (C=N–C) groups is 1. The zero-order chi connectivity index (χ0) is 9.52. The fraction of sp³-hybridized carbons (Fsp3) is 0.100. The first kappa shape index (κ1) is 9.32. The minimum atomic E-state index is 0.815. The van der Waals surface area contributed by atoms with Crippen molar-refractivity contribution in [3.8, 4) is 0 Å². The Bertz CT molecular complexity index is 325. The van der Waals surface area contributed by atoms with E-state index in [1.165, 1.54) is 6.33 Å². The van der Waals surface area contributed by atoms with E-state index in [2.05, 4.69) is 21.5 Å². The van der Waals surface area contributed by atoms with Gasteiger partial charge < -0.3 is 0 Å². The van der Waals surface area contributed by atoms with Crippen molar-refractivity contribution in [3.05, 3.63) is 43.0 Å². The second-order valence-corrected chi connectivity index (χ2v) is 2.28. The molecule has 0 aromatic carbocycles. The van der Waals surface area contributed by atoms with Gasteiger partial charge in [-0.05, 0) is 13.0 Å². The fourth-order valence-electron chi connectivity index (χ4n) is 0.864. The number of aromatic nitrogens is 2. The SMILES string of the molecule is C=CC=NC(=CC)c1ccncn1. The molecule has 66 valence electrons. The van der Waals surface area contributed by atoms with Crippen LogP contribution in [0.1, 0.15) is 12.6 Å². The van der Waals surface area contributed by atoms with Crippen molar-refractivity contribution in [2.24, 2.45) is 4.99 Å². The predicted molar refractivity (Wildman–Crippen MR) is 54.4 cm³/mol. The lowest BCUT2D eigenvalue weighted by molar-refractivity contribution is 1.13. The minimum Gasteiger partial charge on any atom is -0.255 e. The van der Waals surface area contributed by atoms with E-state index in [0.29, 0.717) is 0 Å². The van der Waals surface area contributed by atoms with Crippen LogP contribution in [-0.2, 0) is 0 Å². The summed E-state index contributed by atoms with van der Waals surface area (Å²) in [5.74, 6) is 0. The Labute approximate surface area is 77.6 Å². The monoisotopic (exact) mass is 173 g/mol. The van der Waals surface area contributed by atoms with Crippen LogP contribution in [0.4, 0.5) is 0 Å². The van der Waals surface area contributed by atoms with Gasteiger partial charge in [-0.25, -0.2) is 9.97 Å². The highest BCUT2D eigenvalue weighted by Crippen LogP contribution is 2.10. The summed E-state index contributed by atoms with van der Waals surface area (Å²) < 4.78 is 0. The van der Waals surface area contributed by atoms with Gasteiger partial charge in [0, 0.05) is 12.4 Å². The van der Waals surface area contributed by atoms with E-state index >= 15 is 0 Å². The molecule has 1 heterocycles. The molecule has 0 N–H and O–H groups in total. The van der Waals surface area contributed by atoms with Crippen molar-refractivity contribution < 1.29 is 0 Å². The Morgan fingerprint density at radius 2 is 2.46 bits per heavy atom.